The first kappa shape index (κ1) is 46.5. The number of carboxylic acids is 2. The lowest BCUT2D eigenvalue weighted by atomic mass is 9.89. The number of aliphatic hydroxyl groups is 6. The minimum Gasteiger partial charge on any atom is -0.477 e. The summed E-state index contributed by atoms with van der Waals surface area (Å²) in [5.41, 5.74) is 13.5. The number of carboxylic acid groups (broad SMARTS) is 2. The molecule has 0 saturated carbocycles. The van der Waals surface area contributed by atoms with Gasteiger partial charge in [0.15, 0.2) is 18.2 Å². The standard InChI is InChI=1S/C33H43N7O20/c1-11(43)37-24-15(38-31(35)36)7-20(29(50)51)56-28(24)26(18(46)10-42)57-32(54)40-60-39-21(47)4-12-5-22(48)55-19-6-13(2-3-14(12)19)58-33(30(52)53)8-16(44)23(34)27(59-33)25(49)17(45)9-41/h2-3,5-7,15-18,23-28,41-42,44-46,49H,4,8-10,34H2,1H3,(H,37,43)(H,39,47)(H,40,54)(H,50,51)(H,52,53)(H4,35,36,38)/t15?,16?,17-,18-,23?,24?,25-,26-,27?,28?,33?/m1/s1. The molecule has 27 nitrogen and oxygen atoms in total. The third kappa shape index (κ3) is 11.1. The smallest absolute Gasteiger partial charge is 0.433 e. The number of aliphatic carboxylic acids is 2. The van der Waals surface area contributed by atoms with Gasteiger partial charge in [-0.15, -0.1) is 0 Å². The second-order valence-electron chi connectivity index (χ2n) is 13.3. The fraction of sp³-hybridized carbons (Fsp3) is 0.485. The van der Waals surface area contributed by atoms with Crippen molar-refractivity contribution in [3.63, 3.8) is 0 Å². The molecule has 1 aromatic carbocycles. The van der Waals surface area contributed by atoms with E-state index in [0.717, 1.165) is 25.1 Å². The highest BCUT2D eigenvalue weighted by molar-refractivity contribution is 5.88. The van der Waals surface area contributed by atoms with Crippen molar-refractivity contribution in [2.75, 3.05) is 13.2 Å². The molecule has 1 aromatic heterocycles. The zero-order valence-electron chi connectivity index (χ0n) is 31.1. The Bertz CT molecular complexity index is 2030. The predicted octanol–water partition coefficient (Wildman–Crippen LogP) is -6.18. The Hall–Kier alpha value is -6.17. The average molecular weight is 858 g/mol. The van der Waals surface area contributed by atoms with Crippen LogP contribution in [0.5, 0.6) is 5.75 Å². The largest absolute Gasteiger partial charge is 0.477 e. The Morgan fingerprint density at radius 2 is 1.70 bits per heavy atom. The van der Waals surface area contributed by atoms with Gasteiger partial charge in [-0.1, -0.05) is 0 Å². The van der Waals surface area contributed by atoms with E-state index in [9.17, 15) is 69.6 Å². The number of carbonyl (C=O) groups is 5. The molecule has 1 fully saturated rings. The van der Waals surface area contributed by atoms with Crippen LogP contribution >= 0.6 is 0 Å². The maximum atomic E-state index is 12.8. The van der Waals surface area contributed by atoms with Crippen molar-refractivity contribution in [1.29, 1.82) is 5.41 Å². The molecule has 11 atom stereocenters. The fourth-order valence-electron chi connectivity index (χ4n) is 6.25. The van der Waals surface area contributed by atoms with Crippen molar-refractivity contribution in [2.45, 2.75) is 86.4 Å². The summed E-state index contributed by atoms with van der Waals surface area (Å²) >= 11 is 0. The van der Waals surface area contributed by atoms with Crippen molar-refractivity contribution in [3.8, 4) is 5.75 Å². The minimum atomic E-state index is -2.71. The van der Waals surface area contributed by atoms with E-state index < -0.39 is 140 Å². The van der Waals surface area contributed by atoms with Crippen molar-refractivity contribution >= 4 is 46.8 Å². The van der Waals surface area contributed by atoms with E-state index in [-0.39, 0.29) is 22.3 Å². The quantitative estimate of drug-likeness (QED) is 0.0304. The first-order chi connectivity index (χ1) is 28.2. The number of nitrogens with one attached hydrogen (secondary N) is 5. The second kappa shape index (κ2) is 19.7. The number of guanidine groups is 1. The van der Waals surface area contributed by atoms with E-state index in [0.29, 0.717) is 0 Å². The maximum absolute atomic E-state index is 12.8. The highest BCUT2D eigenvalue weighted by Crippen LogP contribution is 2.35. The Balaban J connectivity index is 1.46. The molecule has 17 N–H and O–H groups in total. The Morgan fingerprint density at radius 3 is 2.30 bits per heavy atom. The first-order valence-electron chi connectivity index (χ1n) is 17.5. The van der Waals surface area contributed by atoms with E-state index in [2.05, 4.69) is 15.6 Å². The lowest BCUT2D eigenvalue weighted by Gasteiger charge is -2.45. The lowest BCUT2D eigenvalue weighted by Crippen LogP contribution is -2.67. The molecule has 0 radical (unpaired) electrons. The van der Waals surface area contributed by atoms with Gasteiger partial charge in [0.2, 0.25) is 17.6 Å². The summed E-state index contributed by atoms with van der Waals surface area (Å²) in [7, 11) is 0. The molecule has 2 aliphatic rings. The molecule has 4 rings (SSSR count). The van der Waals surface area contributed by atoms with Crippen LogP contribution in [-0.2, 0) is 44.7 Å². The predicted molar refractivity (Wildman–Crippen MR) is 193 cm³/mol. The van der Waals surface area contributed by atoms with Gasteiger partial charge in [0.25, 0.3) is 0 Å². The van der Waals surface area contributed by atoms with E-state index >= 15 is 0 Å². The number of nitrogens with two attached hydrogens (primary N) is 2. The number of hydrogen-bond donors (Lipinski definition) is 15. The number of fused-ring (bicyclic) bond motifs is 1. The minimum absolute atomic E-state index is 0.00141. The van der Waals surface area contributed by atoms with Crippen LogP contribution in [0, 0.1) is 5.41 Å². The van der Waals surface area contributed by atoms with Crippen LogP contribution in [0.4, 0.5) is 4.79 Å². The highest BCUT2D eigenvalue weighted by atomic mass is 16.8. The molecule has 3 amide bonds. The van der Waals surface area contributed by atoms with Crippen LogP contribution in [0.3, 0.4) is 0 Å². The Labute approximate surface area is 335 Å². The number of hydrogen-bond acceptors (Lipinski definition) is 20. The van der Waals surface area contributed by atoms with Crippen molar-refractivity contribution in [1.82, 2.24) is 21.6 Å². The zero-order valence-corrected chi connectivity index (χ0v) is 31.1. The summed E-state index contributed by atoms with van der Waals surface area (Å²) in [4.78, 5) is 79.0. The van der Waals surface area contributed by atoms with Gasteiger partial charge in [-0.25, -0.2) is 24.7 Å². The normalized spacial score (nSPS) is 25.8. The van der Waals surface area contributed by atoms with E-state index in [1.165, 1.54) is 12.1 Å². The average Bonchev–Trinajstić information content (AvgIpc) is 3.17. The van der Waals surface area contributed by atoms with Gasteiger partial charge in [0, 0.05) is 24.4 Å². The molecule has 0 aliphatic carbocycles. The monoisotopic (exact) mass is 857 g/mol. The molecule has 3 heterocycles. The Kier molecular flexibility index (Phi) is 15.3. The molecule has 60 heavy (non-hydrogen) atoms. The van der Waals surface area contributed by atoms with E-state index in [1.807, 2.05) is 5.48 Å². The van der Waals surface area contributed by atoms with Gasteiger partial charge in [-0.05, 0) is 23.8 Å². The summed E-state index contributed by atoms with van der Waals surface area (Å²) in [6.07, 6.45) is -14.9. The molecule has 2 aliphatic heterocycles. The maximum Gasteiger partial charge on any atom is 0.433 e. The number of aliphatic hydroxyl groups excluding tert-OH is 6. The summed E-state index contributed by atoms with van der Waals surface area (Å²) in [5.74, 6) is -9.60. The van der Waals surface area contributed by atoms with Gasteiger partial charge in [0.05, 0.1) is 50.3 Å². The zero-order chi connectivity index (χ0) is 44.6. The van der Waals surface area contributed by atoms with Crippen LogP contribution < -0.4 is 43.4 Å². The van der Waals surface area contributed by atoms with Crippen molar-refractivity contribution in [2.24, 2.45) is 11.5 Å². The fourth-order valence-corrected chi connectivity index (χ4v) is 6.25. The van der Waals surface area contributed by atoms with Crippen molar-refractivity contribution in [3.05, 3.63) is 52.1 Å². The number of amides is 3. The summed E-state index contributed by atoms with van der Waals surface area (Å²) < 4.78 is 26.8. The number of carbonyl (C=O) groups excluding carboxylic acids is 3. The molecule has 1 saturated heterocycles. The first-order valence-corrected chi connectivity index (χ1v) is 17.5. The highest BCUT2D eigenvalue weighted by Gasteiger charge is 2.55. The molecule has 27 heteroatoms. The van der Waals surface area contributed by atoms with Crippen LogP contribution in [0.25, 0.3) is 11.0 Å². The van der Waals surface area contributed by atoms with E-state index in [4.69, 9.17) is 40.2 Å². The third-order valence-electron chi connectivity index (χ3n) is 8.98. The molecule has 7 unspecified atom stereocenters. The van der Waals surface area contributed by atoms with Gasteiger partial charge >= 0.3 is 29.4 Å². The van der Waals surface area contributed by atoms with Gasteiger partial charge in [0.1, 0.15) is 35.7 Å². The molecule has 2 aromatic rings. The third-order valence-corrected chi connectivity index (χ3v) is 8.98. The molecule has 0 spiro atoms. The van der Waals surface area contributed by atoms with Gasteiger partial charge < -0.3 is 86.3 Å². The van der Waals surface area contributed by atoms with Crippen LogP contribution in [0.15, 0.2) is 45.3 Å². The number of rotatable bonds is 17. The summed E-state index contributed by atoms with van der Waals surface area (Å²) in [5, 5.41) is 92.4. The topological polar surface area (TPSA) is 448 Å². The molecular formula is C33H43N7O20. The number of benzene rings is 1. The molecule has 330 valence electrons. The van der Waals surface area contributed by atoms with Crippen molar-refractivity contribution < 1.29 is 93.1 Å². The van der Waals surface area contributed by atoms with Gasteiger partial charge in [-0.3, -0.25) is 15.0 Å². The number of ether oxygens (including phenoxy) is 4. The van der Waals surface area contributed by atoms with Crippen LogP contribution in [0.1, 0.15) is 18.9 Å². The SMILES string of the molecule is CC(=O)NC1C(NC(=N)N)C=C(C(=O)O)OC1[C@H](OC(=O)NONC(=O)Cc1cc(=O)oc2cc(OC3(C(=O)O)CC(O)C(N)C([C@H](O)[C@H](O)CO)O3)ccc12)[C@H](O)CO. The molecular weight excluding hydrogens is 814 g/mol. The summed E-state index contributed by atoms with van der Waals surface area (Å²) in [6.45, 7) is -0.972. The lowest BCUT2D eigenvalue weighted by molar-refractivity contribution is -0.282. The van der Waals surface area contributed by atoms with E-state index in [1.54, 1.807) is 5.48 Å². The second-order valence-corrected chi connectivity index (χ2v) is 13.3. The number of hydroxylamine groups is 2. The summed E-state index contributed by atoms with van der Waals surface area (Å²) in [6, 6.07) is 0.339. The van der Waals surface area contributed by atoms with Crippen LogP contribution in [0.2, 0.25) is 0 Å². The molecule has 0 bridgehead atoms. The Morgan fingerprint density at radius 1 is 1.02 bits per heavy atom. The van der Waals surface area contributed by atoms with Crippen LogP contribution in [-0.4, -0.2) is 157 Å². The van der Waals surface area contributed by atoms with Gasteiger partial charge in [-0.2, -0.15) is 10.4 Å².